The molecule has 0 aliphatic carbocycles. The van der Waals surface area contributed by atoms with E-state index in [2.05, 4.69) is 10.5 Å². The van der Waals surface area contributed by atoms with E-state index >= 15 is 0 Å². The monoisotopic (exact) mass is 422 g/mol. The number of carboxylic acids is 1. The highest BCUT2D eigenvalue weighted by Crippen LogP contribution is 2.21. The number of rotatable bonds is 10. The van der Waals surface area contributed by atoms with Crippen LogP contribution in [-0.2, 0) is 16.1 Å². The van der Waals surface area contributed by atoms with Gasteiger partial charge < -0.3 is 9.84 Å². The van der Waals surface area contributed by atoms with Crippen molar-refractivity contribution < 1.29 is 23.9 Å². The van der Waals surface area contributed by atoms with Gasteiger partial charge in [-0.05, 0) is 30.7 Å². The number of aromatic nitrogens is 1. The zero-order valence-corrected chi connectivity index (χ0v) is 17.0. The lowest BCUT2D eigenvalue weighted by Gasteiger charge is -2.13. The molecule has 0 aliphatic rings. The van der Waals surface area contributed by atoms with E-state index in [1.165, 1.54) is 12.1 Å². The molecule has 2 aromatic carbocycles. The zero-order chi connectivity index (χ0) is 22.1. The van der Waals surface area contributed by atoms with Crippen LogP contribution in [0.3, 0.4) is 0 Å². The van der Waals surface area contributed by atoms with Crippen molar-refractivity contribution >= 4 is 11.7 Å². The summed E-state index contributed by atoms with van der Waals surface area (Å²) in [7, 11) is 0. The highest BCUT2D eigenvalue weighted by atomic mass is 19.1. The van der Waals surface area contributed by atoms with Crippen molar-refractivity contribution in [1.29, 1.82) is 0 Å². The average molecular weight is 422 g/mol. The summed E-state index contributed by atoms with van der Waals surface area (Å²) in [6.07, 6.45) is 3.24. The molecule has 1 aromatic heterocycles. The van der Waals surface area contributed by atoms with E-state index in [4.69, 9.17) is 14.7 Å². The van der Waals surface area contributed by atoms with Crippen LogP contribution in [0.2, 0.25) is 0 Å². The van der Waals surface area contributed by atoms with Crippen molar-refractivity contribution in [3.8, 4) is 17.0 Å². The molecule has 0 amide bonds. The third-order valence-electron chi connectivity index (χ3n) is 4.46. The van der Waals surface area contributed by atoms with Crippen molar-refractivity contribution in [3.05, 3.63) is 89.9 Å². The minimum atomic E-state index is -1.10. The van der Waals surface area contributed by atoms with Crippen molar-refractivity contribution in [1.82, 2.24) is 10.5 Å². The van der Waals surface area contributed by atoms with Gasteiger partial charge >= 0.3 is 5.97 Å². The van der Waals surface area contributed by atoms with E-state index in [0.29, 0.717) is 0 Å². The van der Waals surface area contributed by atoms with E-state index in [9.17, 15) is 9.18 Å². The Kier molecular flexibility index (Phi) is 7.73. The van der Waals surface area contributed by atoms with Gasteiger partial charge in [-0.25, -0.2) is 4.39 Å². The van der Waals surface area contributed by atoms with E-state index < -0.39 is 18.2 Å². The zero-order valence-electron chi connectivity index (χ0n) is 17.0. The fourth-order valence-corrected chi connectivity index (χ4v) is 2.93. The molecule has 7 heteroatoms. The van der Waals surface area contributed by atoms with Crippen LogP contribution in [0.5, 0.6) is 5.75 Å². The van der Waals surface area contributed by atoms with Gasteiger partial charge in [0.05, 0.1) is 17.8 Å². The average Bonchev–Trinajstić information content (AvgIpc) is 2.79. The van der Waals surface area contributed by atoms with Crippen molar-refractivity contribution in [2.75, 3.05) is 13.2 Å². The van der Waals surface area contributed by atoms with Crippen LogP contribution in [0.1, 0.15) is 18.1 Å². The summed E-state index contributed by atoms with van der Waals surface area (Å²) < 4.78 is 19.6. The molecule has 0 bridgehead atoms. The Morgan fingerprint density at radius 3 is 2.58 bits per heavy atom. The first-order valence-electron chi connectivity index (χ1n) is 9.76. The lowest BCUT2D eigenvalue weighted by molar-refractivity contribution is -0.136. The van der Waals surface area contributed by atoms with E-state index in [0.717, 1.165) is 22.5 Å². The van der Waals surface area contributed by atoms with Gasteiger partial charge in [-0.1, -0.05) is 48.5 Å². The Balaban J connectivity index is 1.49. The third kappa shape index (κ3) is 6.13. The Hall–Kier alpha value is -3.71. The maximum atomic E-state index is 14.2. The van der Waals surface area contributed by atoms with Crippen LogP contribution in [0.4, 0.5) is 4.39 Å². The van der Waals surface area contributed by atoms with Crippen molar-refractivity contribution in [2.24, 2.45) is 0 Å². The Labute approximate surface area is 179 Å². The fraction of sp³-hybridized carbons (Fsp3) is 0.167. The predicted molar refractivity (Wildman–Crippen MR) is 116 cm³/mol. The molecular weight excluding hydrogens is 399 g/mol. The van der Waals surface area contributed by atoms with Crippen molar-refractivity contribution in [2.45, 2.75) is 13.3 Å². The Morgan fingerprint density at radius 1 is 1.10 bits per heavy atom. The van der Waals surface area contributed by atoms with Gasteiger partial charge in [-0.2, -0.15) is 0 Å². The van der Waals surface area contributed by atoms with E-state index in [1.807, 2.05) is 55.5 Å². The first-order chi connectivity index (χ1) is 15.1. The second-order valence-corrected chi connectivity index (χ2v) is 6.59. The van der Waals surface area contributed by atoms with Crippen molar-refractivity contribution in [3.63, 3.8) is 0 Å². The number of nitrogens with zero attached hydrogens (tertiary/aromatic N) is 1. The molecule has 0 atom stereocenters. The number of pyridine rings is 1. The number of allylic oxidation sites excluding steroid dienone is 1. The lowest BCUT2D eigenvalue weighted by Crippen LogP contribution is -2.18. The molecule has 6 nitrogen and oxygen atoms in total. The van der Waals surface area contributed by atoms with Crippen LogP contribution in [0.15, 0.2) is 72.9 Å². The molecule has 0 unspecified atom stereocenters. The number of nitrogens with one attached hydrogen (secondary N) is 1. The van der Waals surface area contributed by atoms with Crippen LogP contribution < -0.4 is 10.2 Å². The highest BCUT2D eigenvalue weighted by Gasteiger charge is 2.12. The van der Waals surface area contributed by atoms with Gasteiger partial charge in [-0.3, -0.25) is 20.1 Å². The maximum absolute atomic E-state index is 14.2. The number of halogens is 1. The number of aliphatic carboxylic acids is 1. The van der Waals surface area contributed by atoms with Gasteiger partial charge in [0.25, 0.3) is 0 Å². The summed E-state index contributed by atoms with van der Waals surface area (Å²) in [5.74, 6) is -1.77. The topological polar surface area (TPSA) is 80.7 Å². The molecule has 2 N–H and O–H groups in total. The molecule has 1 heterocycles. The molecule has 0 spiro atoms. The molecule has 0 aliphatic heterocycles. The third-order valence-corrected chi connectivity index (χ3v) is 4.46. The van der Waals surface area contributed by atoms with Gasteiger partial charge in [0.15, 0.2) is 11.6 Å². The quantitative estimate of drug-likeness (QED) is 0.371. The van der Waals surface area contributed by atoms with E-state index in [1.54, 1.807) is 12.3 Å². The predicted octanol–water partition coefficient (Wildman–Crippen LogP) is 4.48. The van der Waals surface area contributed by atoms with Gasteiger partial charge in [-0.15, -0.1) is 0 Å². The normalized spacial score (nSPS) is 11.2. The highest BCUT2D eigenvalue weighted by molar-refractivity contribution is 5.70. The molecular formula is C24H23FN2O4. The number of benzene rings is 2. The second kappa shape index (κ2) is 10.9. The van der Waals surface area contributed by atoms with E-state index in [-0.39, 0.29) is 24.5 Å². The first-order valence-corrected chi connectivity index (χ1v) is 9.76. The van der Waals surface area contributed by atoms with Gasteiger partial charge in [0, 0.05) is 17.3 Å². The summed E-state index contributed by atoms with van der Waals surface area (Å²) >= 11 is 0. The number of hydrogen-bond acceptors (Lipinski definition) is 5. The molecule has 0 saturated carbocycles. The second-order valence-electron chi connectivity index (χ2n) is 6.59. The summed E-state index contributed by atoms with van der Waals surface area (Å²) in [5, 5.41) is 8.83. The number of hydroxylamine groups is 1. The summed E-state index contributed by atoms with van der Waals surface area (Å²) in [5.41, 5.74) is 6.59. The molecule has 31 heavy (non-hydrogen) atoms. The van der Waals surface area contributed by atoms with Gasteiger partial charge in [0.2, 0.25) is 0 Å². The summed E-state index contributed by atoms with van der Waals surface area (Å²) in [4.78, 5) is 20.6. The number of ether oxygens (including phenoxy) is 1. The van der Waals surface area contributed by atoms with Crippen LogP contribution >= 0.6 is 0 Å². The molecule has 0 radical (unpaired) electrons. The number of hydrogen-bond donors (Lipinski definition) is 2. The molecule has 3 aromatic rings. The molecule has 0 saturated heterocycles. The lowest BCUT2D eigenvalue weighted by atomic mass is 10.1. The van der Waals surface area contributed by atoms with Gasteiger partial charge in [0.1, 0.15) is 13.2 Å². The molecule has 160 valence electrons. The molecule has 0 fully saturated rings. The Morgan fingerprint density at radius 2 is 1.90 bits per heavy atom. The van der Waals surface area contributed by atoms with Crippen LogP contribution in [0, 0.1) is 5.82 Å². The smallest absolute Gasteiger partial charge is 0.307 e. The number of carboxylic acid groups (broad SMARTS) is 1. The summed E-state index contributed by atoms with van der Waals surface area (Å²) in [6.45, 7) is 2.14. The standard InChI is InChI=1S/C24H23FN2O4/c1-2-20(17-9-11-18(12-10-17)21-7-3-4-13-26-21)27-31-15-14-30-22-8-5-6-19(24(22)25)16-23(28)29/h2-13,27H,14-16H2,1H3,(H,28,29). The van der Waals surface area contributed by atoms with Crippen LogP contribution in [-0.4, -0.2) is 29.3 Å². The minimum absolute atomic E-state index is 0.00119. The largest absolute Gasteiger partial charge is 0.488 e. The van der Waals surface area contributed by atoms with Crippen LogP contribution in [0.25, 0.3) is 17.0 Å². The first kappa shape index (κ1) is 22.0. The maximum Gasteiger partial charge on any atom is 0.307 e. The molecule has 3 rings (SSSR count). The fourth-order valence-electron chi connectivity index (χ4n) is 2.93. The minimum Gasteiger partial charge on any atom is -0.488 e. The SMILES string of the molecule is CC=C(NOCCOc1cccc(CC(=O)O)c1F)c1ccc(-c2ccccn2)cc1. The summed E-state index contributed by atoms with van der Waals surface area (Å²) in [6, 6.07) is 18.1. The number of carbonyl (C=O) groups is 1. The Bertz CT molecular complexity index is 1040.